The molecule has 0 aliphatic carbocycles. The molecule has 0 aliphatic heterocycles. The largest absolute Gasteiger partial charge is 0.493 e. The van der Waals surface area contributed by atoms with Gasteiger partial charge in [0.2, 0.25) is 5.75 Å². The van der Waals surface area contributed by atoms with Crippen LogP contribution >= 0.6 is 0 Å². The van der Waals surface area contributed by atoms with Gasteiger partial charge in [-0.25, -0.2) is 0 Å². The van der Waals surface area contributed by atoms with Gasteiger partial charge < -0.3 is 24.4 Å². The third-order valence-electron chi connectivity index (χ3n) is 4.02. The summed E-state index contributed by atoms with van der Waals surface area (Å²) in [5.41, 5.74) is 1.50. The van der Waals surface area contributed by atoms with Crippen LogP contribution in [-0.2, 0) is 6.61 Å². The first-order valence-corrected chi connectivity index (χ1v) is 8.90. The van der Waals surface area contributed by atoms with E-state index in [9.17, 15) is 4.79 Å². The number of nitrogens with one attached hydrogen (secondary N) is 1. The molecule has 0 atom stereocenters. The van der Waals surface area contributed by atoms with E-state index in [2.05, 4.69) is 10.2 Å². The molecule has 0 spiro atoms. The van der Waals surface area contributed by atoms with Crippen molar-refractivity contribution in [3.8, 4) is 17.2 Å². The van der Waals surface area contributed by atoms with E-state index in [-0.39, 0.29) is 5.91 Å². The van der Waals surface area contributed by atoms with Crippen LogP contribution < -0.4 is 19.5 Å². The SMILES string of the molecule is COc1cc(C(=O)NCCCN(C)C)cc(OC)c1OCc1ccccc1. The minimum absolute atomic E-state index is 0.167. The monoisotopic (exact) mass is 372 g/mol. The predicted octanol–water partition coefficient (Wildman–Crippen LogP) is 2.96. The van der Waals surface area contributed by atoms with Crippen molar-refractivity contribution in [3.63, 3.8) is 0 Å². The average molecular weight is 372 g/mol. The molecule has 0 saturated heterocycles. The van der Waals surface area contributed by atoms with Gasteiger partial charge in [-0.15, -0.1) is 0 Å². The maximum Gasteiger partial charge on any atom is 0.251 e. The molecule has 2 aromatic carbocycles. The quantitative estimate of drug-likeness (QED) is 0.650. The number of carbonyl (C=O) groups is 1. The standard InChI is InChI=1S/C21H28N2O4/c1-23(2)12-8-11-22-21(24)17-13-18(25-3)20(19(14-17)26-4)27-15-16-9-6-5-7-10-16/h5-7,9-10,13-14H,8,11-12,15H2,1-4H3,(H,22,24). The smallest absolute Gasteiger partial charge is 0.251 e. The van der Waals surface area contributed by atoms with Crippen molar-refractivity contribution < 1.29 is 19.0 Å². The van der Waals surface area contributed by atoms with Crippen LogP contribution in [-0.4, -0.2) is 52.2 Å². The summed E-state index contributed by atoms with van der Waals surface area (Å²) in [4.78, 5) is 14.5. The Morgan fingerprint density at radius 3 is 2.22 bits per heavy atom. The molecule has 6 heteroatoms. The zero-order valence-electron chi connectivity index (χ0n) is 16.5. The molecule has 2 aromatic rings. The molecular weight excluding hydrogens is 344 g/mol. The van der Waals surface area contributed by atoms with E-state index in [1.165, 1.54) is 0 Å². The molecule has 6 nitrogen and oxygen atoms in total. The van der Waals surface area contributed by atoms with Crippen LogP contribution in [0.2, 0.25) is 0 Å². The summed E-state index contributed by atoms with van der Waals surface area (Å²) in [6.45, 7) is 1.90. The highest BCUT2D eigenvalue weighted by Gasteiger charge is 2.17. The third kappa shape index (κ3) is 6.18. The van der Waals surface area contributed by atoms with Gasteiger partial charge in [0.15, 0.2) is 11.5 Å². The van der Waals surface area contributed by atoms with Crippen LogP contribution in [0.1, 0.15) is 22.3 Å². The Hall–Kier alpha value is -2.73. The molecule has 2 rings (SSSR count). The Bertz CT molecular complexity index is 707. The van der Waals surface area contributed by atoms with Crippen molar-refractivity contribution in [2.75, 3.05) is 41.4 Å². The molecule has 0 aromatic heterocycles. The molecule has 0 heterocycles. The molecule has 1 amide bonds. The minimum atomic E-state index is -0.167. The number of amides is 1. The van der Waals surface area contributed by atoms with E-state index in [1.54, 1.807) is 26.4 Å². The maximum atomic E-state index is 12.4. The molecule has 1 N–H and O–H groups in total. The molecule has 27 heavy (non-hydrogen) atoms. The third-order valence-corrected chi connectivity index (χ3v) is 4.02. The van der Waals surface area contributed by atoms with Crippen molar-refractivity contribution in [2.45, 2.75) is 13.0 Å². The summed E-state index contributed by atoms with van der Waals surface area (Å²) in [5, 5.41) is 2.92. The summed E-state index contributed by atoms with van der Waals surface area (Å²) < 4.78 is 16.8. The van der Waals surface area contributed by atoms with Gasteiger partial charge in [0.1, 0.15) is 6.61 Å². The van der Waals surface area contributed by atoms with E-state index in [0.717, 1.165) is 18.5 Å². The van der Waals surface area contributed by atoms with Crippen molar-refractivity contribution in [1.82, 2.24) is 10.2 Å². The highest BCUT2D eigenvalue weighted by atomic mass is 16.5. The van der Waals surface area contributed by atoms with E-state index in [4.69, 9.17) is 14.2 Å². The number of hydrogen-bond donors (Lipinski definition) is 1. The van der Waals surface area contributed by atoms with Crippen molar-refractivity contribution in [2.24, 2.45) is 0 Å². The summed E-state index contributed by atoms with van der Waals surface area (Å²) in [6, 6.07) is 13.2. The van der Waals surface area contributed by atoms with Crippen LogP contribution in [0.5, 0.6) is 17.2 Å². The first-order valence-electron chi connectivity index (χ1n) is 8.90. The van der Waals surface area contributed by atoms with Crippen LogP contribution in [0, 0.1) is 0 Å². The zero-order chi connectivity index (χ0) is 19.6. The molecule has 0 fully saturated rings. The van der Waals surface area contributed by atoms with Gasteiger partial charge in [-0.05, 0) is 44.8 Å². The van der Waals surface area contributed by atoms with Gasteiger partial charge in [0.25, 0.3) is 5.91 Å². The molecule has 0 saturated carbocycles. The number of ether oxygens (including phenoxy) is 3. The number of hydrogen-bond acceptors (Lipinski definition) is 5. The van der Waals surface area contributed by atoms with Crippen molar-refractivity contribution in [3.05, 3.63) is 53.6 Å². The van der Waals surface area contributed by atoms with Gasteiger partial charge in [0.05, 0.1) is 14.2 Å². The van der Waals surface area contributed by atoms with Crippen LogP contribution in [0.25, 0.3) is 0 Å². The first kappa shape index (κ1) is 20.6. The Kier molecular flexibility index (Phi) is 7.95. The lowest BCUT2D eigenvalue weighted by atomic mass is 10.1. The van der Waals surface area contributed by atoms with Gasteiger partial charge in [-0.1, -0.05) is 30.3 Å². The van der Waals surface area contributed by atoms with Crippen LogP contribution in [0.4, 0.5) is 0 Å². The Balaban J connectivity index is 2.11. The second-order valence-electron chi connectivity index (χ2n) is 6.40. The zero-order valence-corrected chi connectivity index (χ0v) is 16.5. The number of nitrogens with zero attached hydrogens (tertiary/aromatic N) is 1. The van der Waals surface area contributed by atoms with Gasteiger partial charge >= 0.3 is 0 Å². The summed E-state index contributed by atoms with van der Waals surface area (Å²) >= 11 is 0. The molecule has 0 radical (unpaired) electrons. The molecule has 146 valence electrons. The highest BCUT2D eigenvalue weighted by molar-refractivity contribution is 5.95. The fraction of sp³-hybridized carbons (Fsp3) is 0.381. The van der Waals surface area contributed by atoms with Gasteiger partial charge in [-0.2, -0.15) is 0 Å². The first-order chi connectivity index (χ1) is 13.0. The number of rotatable bonds is 10. The lowest BCUT2D eigenvalue weighted by Gasteiger charge is -2.16. The Morgan fingerprint density at radius 2 is 1.67 bits per heavy atom. The summed E-state index contributed by atoms with van der Waals surface area (Å²) in [7, 11) is 7.10. The van der Waals surface area contributed by atoms with Gasteiger partial charge in [0, 0.05) is 12.1 Å². The summed E-state index contributed by atoms with van der Waals surface area (Å²) in [6.07, 6.45) is 0.880. The maximum absolute atomic E-state index is 12.4. The van der Waals surface area contributed by atoms with Gasteiger partial charge in [-0.3, -0.25) is 4.79 Å². The lowest BCUT2D eigenvalue weighted by Crippen LogP contribution is -2.27. The average Bonchev–Trinajstić information content (AvgIpc) is 2.69. The van der Waals surface area contributed by atoms with Crippen molar-refractivity contribution >= 4 is 5.91 Å². The van der Waals surface area contributed by atoms with E-state index in [1.807, 2.05) is 44.4 Å². The Labute approximate surface area is 161 Å². The van der Waals surface area contributed by atoms with E-state index >= 15 is 0 Å². The second-order valence-corrected chi connectivity index (χ2v) is 6.40. The molecule has 0 aliphatic rings. The van der Waals surface area contributed by atoms with E-state index in [0.29, 0.717) is 36.0 Å². The normalized spacial score (nSPS) is 10.6. The predicted molar refractivity (Wildman–Crippen MR) is 106 cm³/mol. The van der Waals surface area contributed by atoms with Crippen LogP contribution in [0.3, 0.4) is 0 Å². The topological polar surface area (TPSA) is 60.0 Å². The number of benzene rings is 2. The summed E-state index contributed by atoms with van der Waals surface area (Å²) in [5.74, 6) is 1.24. The Morgan fingerprint density at radius 1 is 1.04 bits per heavy atom. The fourth-order valence-corrected chi connectivity index (χ4v) is 2.58. The number of carbonyl (C=O) groups excluding carboxylic acids is 1. The minimum Gasteiger partial charge on any atom is -0.493 e. The second kappa shape index (κ2) is 10.4. The molecule has 0 unspecified atom stereocenters. The lowest BCUT2D eigenvalue weighted by molar-refractivity contribution is 0.0951. The fourth-order valence-electron chi connectivity index (χ4n) is 2.58. The van der Waals surface area contributed by atoms with Crippen LogP contribution in [0.15, 0.2) is 42.5 Å². The number of methoxy groups -OCH3 is 2. The molecular formula is C21H28N2O4. The molecule has 0 bridgehead atoms. The highest BCUT2D eigenvalue weighted by Crippen LogP contribution is 2.39. The van der Waals surface area contributed by atoms with E-state index < -0.39 is 0 Å². The van der Waals surface area contributed by atoms with Crippen molar-refractivity contribution in [1.29, 1.82) is 0 Å².